The van der Waals surface area contributed by atoms with Gasteiger partial charge in [0.25, 0.3) is 5.91 Å². The van der Waals surface area contributed by atoms with Crippen molar-refractivity contribution >= 4 is 34.3 Å². The largest absolute Gasteiger partial charge is 0.550 e. The van der Waals surface area contributed by atoms with E-state index in [2.05, 4.69) is 10.3 Å². The van der Waals surface area contributed by atoms with E-state index in [4.69, 9.17) is 0 Å². The van der Waals surface area contributed by atoms with Gasteiger partial charge in [0.1, 0.15) is 6.54 Å². The first kappa shape index (κ1) is 18.6. The van der Waals surface area contributed by atoms with Crippen LogP contribution in [0.3, 0.4) is 0 Å². The van der Waals surface area contributed by atoms with E-state index in [0.717, 1.165) is 11.3 Å². The van der Waals surface area contributed by atoms with Gasteiger partial charge in [-0.15, -0.1) is 11.3 Å². The molecule has 2 rings (SSSR count). The predicted molar refractivity (Wildman–Crippen MR) is 92.1 cm³/mol. The van der Waals surface area contributed by atoms with E-state index >= 15 is 0 Å². The highest BCUT2D eigenvalue weighted by Crippen LogP contribution is 2.16. The Morgan fingerprint density at radius 2 is 1.92 bits per heavy atom. The fraction of sp³-hybridized carbons (Fsp3) is 0.294. The van der Waals surface area contributed by atoms with Crippen molar-refractivity contribution in [2.75, 3.05) is 11.9 Å². The smallest absolute Gasteiger partial charge is 0.254 e. The summed E-state index contributed by atoms with van der Waals surface area (Å²) in [4.78, 5) is 40.8. The molecular weight excluding hydrogens is 342 g/mol. The molecule has 0 saturated carbocycles. The predicted octanol–water partition coefficient (Wildman–Crippen LogP) is 0.925. The summed E-state index contributed by atoms with van der Waals surface area (Å²) in [5.41, 5.74) is 0.830. The first-order valence-corrected chi connectivity index (χ1v) is 8.55. The third kappa shape index (κ3) is 5.39. The molecule has 0 aliphatic rings. The minimum atomic E-state index is -1.23. The summed E-state index contributed by atoms with van der Waals surface area (Å²) in [6.07, 6.45) is -0.309. The number of aromatic nitrogens is 1. The molecule has 1 aromatic carbocycles. The minimum Gasteiger partial charge on any atom is -0.550 e. The van der Waals surface area contributed by atoms with Gasteiger partial charge in [0, 0.05) is 29.4 Å². The number of hydrogen-bond donors (Lipinski definition) is 1. The first-order chi connectivity index (χ1) is 11.9. The average molecular weight is 360 g/mol. The van der Waals surface area contributed by atoms with Gasteiger partial charge in [0.2, 0.25) is 5.91 Å². The lowest BCUT2D eigenvalue weighted by molar-refractivity contribution is -0.304. The summed E-state index contributed by atoms with van der Waals surface area (Å²) in [6, 6.07) is 8.57. The maximum absolute atomic E-state index is 12.6. The van der Waals surface area contributed by atoms with Crippen LogP contribution in [-0.2, 0) is 16.0 Å². The molecule has 0 saturated heterocycles. The number of nitrogens with one attached hydrogen (secondary N) is 1. The number of benzene rings is 1. The number of thiazole rings is 1. The summed E-state index contributed by atoms with van der Waals surface area (Å²) in [7, 11) is 0. The van der Waals surface area contributed by atoms with Crippen molar-refractivity contribution in [2.24, 2.45) is 0 Å². The Morgan fingerprint density at radius 1 is 1.24 bits per heavy atom. The number of rotatable bonds is 7. The highest BCUT2D eigenvalue weighted by Gasteiger charge is 2.21. The van der Waals surface area contributed by atoms with Gasteiger partial charge in [-0.3, -0.25) is 9.59 Å². The molecule has 0 radical (unpaired) electrons. The molecule has 1 aromatic heterocycles. The summed E-state index contributed by atoms with van der Waals surface area (Å²) >= 11 is 1.12. The van der Waals surface area contributed by atoms with Crippen LogP contribution in [0.4, 0.5) is 5.13 Å². The number of carbonyl (C=O) groups is 3. The highest BCUT2D eigenvalue weighted by molar-refractivity contribution is 7.13. The van der Waals surface area contributed by atoms with Gasteiger partial charge in [-0.25, -0.2) is 4.98 Å². The summed E-state index contributed by atoms with van der Waals surface area (Å²) in [5, 5.41) is 15.0. The monoisotopic (exact) mass is 360 g/mol. The van der Waals surface area contributed by atoms with Crippen molar-refractivity contribution < 1.29 is 19.5 Å². The van der Waals surface area contributed by atoms with E-state index in [1.807, 2.05) is 19.9 Å². The number of carboxylic acids is 1. The van der Waals surface area contributed by atoms with Gasteiger partial charge in [0.15, 0.2) is 5.13 Å². The quantitative estimate of drug-likeness (QED) is 0.791. The SMILES string of the molecule is CC(C)N(CC(=O)Nc1nc(CC(=O)[O-])cs1)C(=O)c1ccccc1. The van der Waals surface area contributed by atoms with Crippen LogP contribution < -0.4 is 10.4 Å². The van der Waals surface area contributed by atoms with Crippen molar-refractivity contribution in [1.82, 2.24) is 9.88 Å². The number of nitrogens with zero attached hydrogens (tertiary/aromatic N) is 2. The topological polar surface area (TPSA) is 102 Å². The van der Waals surface area contributed by atoms with Gasteiger partial charge < -0.3 is 20.1 Å². The lowest BCUT2D eigenvalue weighted by Crippen LogP contribution is -2.42. The number of anilines is 1. The Hall–Kier alpha value is -2.74. The van der Waals surface area contributed by atoms with Crippen molar-refractivity contribution in [1.29, 1.82) is 0 Å². The second-order valence-electron chi connectivity index (χ2n) is 5.63. The van der Waals surface area contributed by atoms with E-state index < -0.39 is 11.9 Å². The van der Waals surface area contributed by atoms with Gasteiger partial charge in [-0.2, -0.15) is 0 Å². The molecule has 0 spiro atoms. The fourth-order valence-electron chi connectivity index (χ4n) is 2.14. The molecule has 25 heavy (non-hydrogen) atoms. The maximum Gasteiger partial charge on any atom is 0.254 e. The third-order valence-electron chi connectivity index (χ3n) is 3.34. The van der Waals surface area contributed by atoms with Crippen molar-refractivity contribution in [2.45, 2.75) is 26.3 Å². The van der Waals surface area contributed by atoms with Gasteiger partial charge in [-0.05, 0) is 26.0 Å². The maximum atomic E-state index is 12.6. The molecule has 0 unspecified atom stereocenters. The van der Waals surface area contributed by atoms with Crippen molar-refractivity contribution in [3.05, 3.63) is 47.0 Å². The number of amides is 2. The van der Waals surface area contributed by atoms with Gasteiger partial charge in [0.05, 0.1) is 5.69 Å². The number of carboxylic acid groups (broad SMARTS) is 1. The molecule has 132 valence electrons. The van der Waals surface area contributed by atoms with Crippen molar-refractivity contribution in [3.8, 4) is 0 Å². The molecule has 0 aliphatic carbocycles. The second kappa shape index (κ2) is 8.39. The normalized spacial score (nSPS) is 10.5. The van der Waals surface area contributed by atoms with Gasteiger partial charge >= 0.3 is 0 Å². The van der Waals surface area contributed by atoms with E-state index in [1.165, 1.54) is 4.90 Å². The molecule has 0 aliphatic heterocycles. The molecule has 1 heterocycles. The Bertz CT molecular complexity index is 758. The minimum absolute atomic E-state index is 0.124. The highest BCUT2D eigenvalue weighted by atomic mass is 32.1. The first-order valence-electron chi connectivity index (χ1n) is 7.67. The van der Waals surface area contributed by atoms with E-state index in [1.54, 1.807) is 29.6 Å². The van der Waals surface area contributed by atoms with Gasteiger partial charge in [-0.1, -0.05) is 18.2 Å². The lowest BCUT2D eigenvalue weighted by atomic mass is 10.1. The Labute approximate surface area is 149 Å². The third-order valence-corrected chi connectivity index (χ3v) is 4.15. The van der Waals surface area contributed by atoms with Crippen LogP contribution in [0.5, 0.6) is 0 Å². The molecule has 1 N–H and O–H groups in total. The zero-order chi connectivity index (χ0) is 18.4. The van der Waals surface area contributed by atoms with Crippen LogP contribution in [-0.4, -0.2) is 40.3 Å². The molecule has 8 heteroatoms. The number of aliphatic carboxylic acids is 1. The standard InChI is InChI=1S/C17H19N3O4S/c1-11(2)20(16(24)12-6-4-3-5-7-12)9-14(21)19-17-18-13(10-25-17)8-15(22)23/h3-7,10-11H,8-9H2,1-2H3,(H,22,23)(H,18,19,21)/p-1. The Kier molecular flexibility index (Phi) is 6.24. The molecule has 2 amide bonds. The molecule has 0 bridgehead atoms. The summed E-state index contributed by atoms with van der Waals surface area (Å²) < 4.78 is 0. The van der Waals surface area contributed by atoms with Crippen LogP contribution in [0, 0.1) is 0 Å². The Balaban J connectivity index is 2.02. The lowest BCUT2D eigenvalue weighted by Gasteiger charge is -2.26. The number of carbonyl (C=O) groups excluding carboxylic acids is 3. The molecule has 7 nitrogen and oxygen atoms in total. The van der Waals surface area contributed by atoms with Crippen LogP contribution in [0.25, 0.3) is 0 Å². The molecular formula is C17H18N3O4S-. The Morgan fingerprint density at radius 3 is 2.52 bits per heavy atom. The fourth-order valence-corrected chi connectivity index (χ4v) is 2.87. The summed E-state index contributed by atoms with van der Waals surface area (Å²) in [5.74, 6) is -1.86. The van der Waals surface area contributed by atoms with Crippen LogP contribution in [0.2, 0.25) is 0 Å². The van der Waals surface area contributed by atoms with Crippen LogP contribution >= 0.6 is 11.3 Å². The number of hydrogen-bond acceptors (Lipinski definition) is 6. The zero-order valence-corrected chi connectivity index (χ0v) is 14.7. The summed E-state index contributed by atoms with van der Waals surface area (Å²) in [6.45, 7) is 3.53. The average Bonchev–Trinajstić information content (AvgIpc) is 2.98. The van der Waals surface area contributed by atoms with Crippen LogP contribution in [0.1, 0.15) is 29.9 Å². The molecule has 0 atom stereocenters. The zero-order valence-electron chi connectivity index (χ0n) is 13.9. The van der Waals surface area contributed by atoms with E-state index in [-0.39, 0.29) is 30.0 Å². The molecule has 2 aromatic rings. The van der Waals surface area contributed by atoms with Crippen molar-refractivity contribution in [3.63, 3.8) is 0 Å². The molecule has 0 fully saturated rings. The van der Waals surface area contributed by atoms with E-state index in [0.29, 0.717) is 11.3 Å². The van der Waals surface area contributed by atoms with Crippen LogP contribution in [0.15, 0.2) is 35.7 Å². The second-order valence-corrected chi connectivity index (χ2v) is 6.49. The van der Waals surface area contributed by atoms with E-state index in [9.17, 15) is 19.5 Å².